The van der Waals surface area contributed by atoms with E-state index in [-0.39, 0.29) is 10.6 Å². The van der Waals surface area contributed by atoms with Crippen molar-refractivity contribution in [1.29, 1.82) is 0 Å². The van der Waals surface area contributed by atoms with E-state index < -0.39 is 16.4 Å². The summed E-state index contributed by atoms with van der Waals surface area (Å²) in [7, 11) is 0. The van der Waals surface area contributed by atoms with Crippen LogP contribution in [0.5, 0.6) is 5.75 Å². The molecule has 7 nitrogen and oxygen atoms in total. The number of nitro groups is 1. The molecule has 0 saturated carbocycles. The van der Waals surface area contributed by atoms with Crippen LogP contribution in [0.4, 0.5) is 5.69 Å². The first-order valence-electron chi connectivity index (χ1n) is 8.59. The molecule has 30 heavy (non-hydrogen) atoms. The molecule has 154 valence electrons. The summed E-state index contributed by atoms with van der Waals surface area (Å²) in [5.74, 6) is -0.505. The van der Waals surface area contributed by atoms with Crippen LogP contribution in [0, 0.1) is 10.1 Å². The zero-order valence-corrected chi connectivity index (χ0v) is 18.9. The minimum Gasteiger partial charge on any atom is -0.502 e. The summed E-state index contributed by atoms with van der Waals surface area (Å²) in [5, 5.41) is 27.9. The molecule has 1 heterocycles. The zero-order chi connectivity index (χ0) is 21.8. The molecule has 0 fully saturated rings. The van der Waals surface area contributed by atoms with Gasteiger partial charge in [-0.15, -0.1) is 11.3 Å². The smallest absolute Gasteiger partial charge is 0.312 e. The van der Waals surface area contributed by atoms with Gasteiger partial charge in [-0.3, -0.25) is 15.1 Å². The Hall–Kier alpha value is -2.75. The van der Waals surface area contributed by atoms with Crippen LogP contribution in [0.15, 0.2) is 68.5 Å². The van der Waals surface area contributed by atoms with Gasteiger partial charge in [-0.1, -0.05) is 51.8 Å². The lowest BCUT2D eigenvalue weighted by molar-refractivity contribution is -0.385. The topological polar surface area (TPSA) is 93.0 Å². The number of halogens is 2. The van der Waals surface area contributed by atoms with Crippen LogP contribution in [-0.2, 0) is 0 Å². The van der Waals surface area contributed by atoms with Gasteiger partial charge in [-0.05, 0) is 25.1 Å². The molecule has 10 heteroatoms. The number of rotatable bonds is 6. The molecule has 0 atom stereocenters. The SMILES string of the molecule is C=C(C)CN=c1scc(-c2ccc(Br)cc2)n1N=Cc1cc(Cl)cc([N+](=O)[O-])c1O. The van der Waals surface area contributed by atoms with Gasteiger partial charge < -0.3 is 5.11 Å². The van der Waals surface area contributed by atoms with Crippen molar-refractivity contribution in [2.45, 2.75) is 6.92 Å². The Kier molecular flexibility index (Phi) is 6.86. The summed E-state index contributed by atoms with van der Waals surface area (Å²) in [4.78, 5) is 15.6. The van der Waals surface area contributed by atoms with Gasteiger partial charge in [-0.25, -0.2) is 4.68 Å². The van der Waals surface area contributed by atoms with E-state index in [0.717, 1.165) is 27.4 Å². The molecule has 0 aliphatic heterocycles. The fraction of sp³-hybridized carbons (Fsp3) is 0.100. The number of phenolic OH excluding ortho intramolecular Hbond substituents is 1. The second-order valence-electron chi connectivity index (χ2n) is 6.36. The van der Waals surface area contributed by atoms with Crippen molar-refractivity contribution >= 4 is 50.8 Å². The molecule has 0 amide bonds. The first-order valence-corrected chi connectivity index (χ1v) is 10.6. The van der Waals surface area contributed by atoms with E-state index in [1.165, 1.54) is 23.6 Å². The third kappa shape index (κ3) is 5.05. The largest absolute Gasteiger partial charge is 0.502 e. The molecule has 0 aliphatic carbocycles. The lowest BCUT2D eigenvalue weighted by Gasteiger charge is -2.05. The Morgan fingerprint density at radius 1 is 1.40 bits per heavy atom. The summed E-state index contributed by atoms with van der Waals surface area (Å²) in [6.07, 6.45) is 1.32. The predicted molar refractivity (Wildman–Crippen MR) is 123 cm³/mol. The average molecular weight is 508 g/mol. The van der Waals surface area contributed by atoms with Crippen molar-refractivity contribution in [3.63, 3.8) is 0 Å². The number of aromatic nitrogens is 1. The summed E-state index contributed by atoms with van der Waals surface area (Å²) < 4.78 is 2.56. The zero-order valence-electron chi connectivity index (χ0n) is 15.7. The van der Waals surface area contributed by atoms with E-state index in [2.05, 4.69) is 32.6 Å². The number of benzene rings is 2. The summed E-state index contributed by atoms with van der Waals surface area (Å²) in [6, 6.07) is 10.2. The molecule has 0 unspecified atom stereocenters. The predicted octanol–water partition coefficient (Wildman–Crippen LogP) is 5.61. The first kappa shape index (κ1) is 21.9. The van der Waals surface area contributed by atoms with Crippen LogP contribution in [0.25, 0.3) is 11.3 Å². The third-order valence-electron chi connectivity index (χ3n) is 3.90. The molecule has 0 spiro atoms. The number of phenols is 1. The van der Waals surface area contributed by atoms with Crippen LogP contribution in [0.1, 0.15) is 12.5 Å². The van der Waals surface area contributed by atoms with Gasteiger partial charge in [-0.2, -0.15) is 5.10 Å². The van der Waals surface area contributed by atoms with E-state index in [1.807, 2.05) is 36.6 Å². The number of hydrogen-bond acceptors (Lipinski definition) is 6. The highest BCUT2D eigenvalue weighted by Crippen LogP contribution is 2.32. The average Bonchev–Trinajstić information content (AvgIpc) is 3.09. The van der Waals surface area contributed by atoms with Crippen molar-refractivity contribution in [3.05, 3.63) is 83.9 Å². The molecule has 0 radical (unpaired) electrons. The summed E-state index contributed by atoms with van der Waals surface area (Å²) >= 11 is 10.8. The molecule has 3 aromatic rings. The van der Waals surface area contributed by atoms with E-state index >= 15 is 0 Å². The van der Waals surface area contributed by atoms with Crippen molar-refractivity contribution in [2.75, 3.05) is 6.54 Å². The van der Waals surface area contributed by atoms with Gasteiger partial charge in [0.1, 0.15) is 0 Å². The minimum atomic E-state index is -0.697. The highest BCUT2D eigenvalue weighted by Gasteiger charge is 2.18. The van der Waals surface area contributed by atoms with Crippen molar-refractivity contribution in [1.82, 2.24) is 4.68 Å². The van der Waals surface area contributed by atoms with Crippen LogP contribution in [0.2, 0.25) is 5.02 Å². The van der Waals surface area contributed by atoms with Gasteiger partial charge >= 0.3 is 5.69 Å². The third-order valence-corrected chi connectivity index (χ3v) is 5.50. The normalized spacial score (nSPS) is 11.9. The quantitative estimate of drug-likeness (QED) is 0.203. The fourth-order valence-corrected chi connectivity index (χ4v) is 3.83. The lowest BCUT2D eigenvalue weighted by Crippen LogP contribution is -2.13. The highest BCUT2D eigenvalue weighted by molar-refractivity contribution is 9.10. The number of hydrogen-bond donors (Lipinski definition) is 1. The Morgan fingerprint density at radius 2 is 2.10 bits per heavy atom. The molecule has 1 N–H and O–H groups in total. The Bertz CT molecular complexity index is 1220. The van der Waals surface area contributed by atoms with E-state index in [9.17, 15) is 15.2 Å². The first-order chi connectivity index (χ1) is 14.3. The maximum atomic E-state index is 11.1. The minimum absolute atomic E-state index is 0.122. The number of nitro benzene ring substituents is 1. The molecular weight excluding hydrogens is 492 g/mol. The summed E-state index contributed by atoms with van der Waals surface area (Å²) in [5.41, 5.74) is 2.22. The Labute approximate surface area is 189 Å². The number of thiazole rings is 1. The standard InChI is InChI=1S/C20H16BrClN4O3S/c1-12(2)9-23-20-25(18(11-30-20)13-3-5-15(21)6-4-13)24-10-14-7-16(22)8-17(19(14)27)26(28)29/h3-8,10-11,27H,1,9H2,2H3. The monoisotopic (exact) mass is 506 g/mol. The lowest BCUT2D eigenvalue weighted by atomic mass is 10.2. The second-order valence-corrected chi connectivity index (χ2v) is 8.55. The van der Waals surface area contributed by atoms with Crippen molar-refractivity contribution < 1.29 is 10.0 Å². The molecular formula is C20H16BrClN4O3S. The van der Waals surface area contributed by atoms with E-state index in [1.54, 1.807) is 4.68 Å². The fourth-order valence-electron chi connectivity index (χ4n) is 2.50. The van der Waals surface area contributed by atoms with Gasteiger partial charge in [0, 0.05) is 32.1 Å². The van der Waals surface area contributed by atoms with E-state index in [0.29, 0.717) is 11.3 Å². The van der Waals surface area contributed by atoms with Crippen LogP contribution in [-0.4, -0.2) is 27.5 Å². The molecule has 0 saturated heterocycles. The van der Waals surface area contributed by atoms with Gasteiger partial charge in [0.15, 0.2) is 0 Å². The van der Waals surface area contributed by atoms with E-state index in [4.69, 9.17) is 11.6 Å². The maximum absolute atomic E-state index is 11.1. The van der Waals surface area contributed by atoms with Gasteiger partial charge in [0.05, 0.1) is 23.4 Å². The van der Waals surface area contributed by atoms with Crippen molar-refractivity contribution in [3.8, 4) is 17.0 Å². The molecule has 0 bridgehead atoms. The van der Waals surface area contributed by atoms with Crippen molar-refractivity contribution in [2.24, 2.45) is 10.1 Å². The van der Waals surface area contributed by atoms with Crippen LogP contribution >= 0.6 is 38.9 Å². The number of aromatic hydroxyl groups is 1. The van der Waals surface area contributed by atoms with Crippen LogP contribution < -0.4 is 4.80 Å². The maximum Gasteiger partial charge on any atom is 0.312 e. The van der Waals surface area contributed by atoms with Crippen LogP contribution in [0.3, 0.4) is 0 Å². The molecule has 1 aromatic heterocycles. The molecule has 0 aliphatic rings. The summed E-state index contributed by atoms with van der Waals surface area (Å²) in [6.45, 7) is 6.17. The molecule has 2 aromatic carbocycles. The number of nitrogens with zero attached hydrogens (tertiary/aromatic N) is 4. The Balaban J connectivity index is 2.13. The van der Waals surface area contributed by atoms with Gasteiger partial charge in [0.25, 0.3) is 0 Å². The second kappa shape index (κ2) is 9.38. The molecule has 3 rings (SSSR count). The highest BCUT2D eigenvalue weighted by atomic mass is 79.9. The van der Waals surface area contributed by atoms with Gasteiger partial charge in [0.2, 0.25) is 10.6 Å². The Morgan fingerprint density at radius 3 is 2.73 bits per heavy atom.